The van der Waals surface area contributed by atoms with E-state index in [0.29, 0.717) is 5.92 Å². The first-order chi connectivity index (χ1) is 10.3. The normalized spacial score (nSPS) is 18.1. The lowest BCUT2D eigenvalue weighted by Gasteiger charge is -2.17. The third-order valence-corrected chi connectivity index (χ3v) is 3.98. The predicted octanol–water partition coefficient (Wildman–Crippen LogP) is 1.55. The summed E-state index contributed by atoms with van der Waals surface area (Å²) < 4.78 is 1.92. The highest BCUT2D eigenvalue weighted by atomic mass is 16.2. The van der Waals surface area contributed by atoms with E-state index in [4.69, 9.17) is 0 Å². The van der Waals surface area contributed by atoms with Crippen molar-refractivity contribution in [3.8, 4) is 5.69 Å². The number of likely N-dealkylation sites (tertiary alicyclic amines) is 1. The van der Waals surface area contributed by atoms with Crippen molar-refractivity contribution in [3.63, 3.8) is 0 Å². The van der Waals surface area contributed by atoms with Crippen LogP contribution < -0.4 is 5.32 Å². The third-order valence-electron chi connectivity index (χ3n) is 3.98. The molecule has 2 aromatic rings. The van der Waals surface area contributed by atoms with E-state index < -0.39 is 0 Å². The molecule has 110 valence electrons. The van der Waals surface area contributed by atoms with Gasteiger partial charge in [-0.25, -0.2) is 4.98 Å². The minimum absolute atomic E-state index is 0.130. The Bertz CT molecular complexity index is 591. The maximum Gasteiger partial charge on any atom is 0.253 e. The van der Waals surface area contributed by atoms with Crippen molar-refractivity contribution in [2.24, 2.45) is 5.92 Å². The predicted molar refractivity (Wildman–Crippen MR) is 81.5 cm³/mol. The molecule has 1 N–H and O–H groups in total. The van der Waals surface area contributed by atoms with Gasteiger partial charge in [-0.15, -0.1) is 0 Å². The minimum atomic E-state index is 0.130. The Morgan fingerprint density at radius 2 is 2.19 bits per heavy atom. The average Bonchev–Trinajstić information content (AvgIpc) is 3.19. The molecule has 0 spiro atoms. The molecular weight excluding hydrogens is 264 g/mol. The maximum atomic E-state index is 12.5. The first-order valence-electron chi connectivity index (χ1n) is 7.30. The van der Waals surface area contributed by atoms with Crippen molar-refractivity contribution in [1.82, 2.24) is 19.8 Å². The molecule has 1 aliphatic heterocycles. The number of aromatic nitrogens is 2. The van der Waals surface area contributed by atoms with Crippen LogP contribution in [-0.4, -0.2) is 47.0 Å². The van der Waals surface area contributed by atoms with Gasteiger partial charge in [0.25, 0.3) is 5.91 Å². The Morgan fingerprint density at radius 1 is 1.38 bits per heavy atom. The molecule has 1 atom stereocenters. The van der Waals surface area contributed by atoms with E-state index in [1.54, 1.807) is 12.5 Å². The fourth-order valence-electron chi connectivity index (χ4n) is 2.84. The SMILES string of the molecule is CNCC1CCN(C(=O)c2ccc(-n3ccnc3)cc2)C1. The van der Waals surface area contributed by atoms with Crippen LogP contribution in [0.25, 0.3) is 5.69 Å². The molecular formula is C16H20N4O. The van der Waals surface area contributed by atoms with Crippen LogP contribution in [0.1, 0.15) is 16.8 Å². The van der Waals surface area contributed by atoms with Crippen LogP contribution in [0.3, 0.4) is 0 Å². The Morgan fingerprint density at radius 3 is 2.86 bits per heavy atom. The Kier molecular flexibility index (Phi) is 4.01. The molecule has 0 saturated carbocycles. The second kappa shape index (κ2) is 6.10. The van der Waals surface area contributed by atoms with Crippen molar-refractivity contribution in [2.75, 3.05) is 26.7 Å². The summed E-state index contributed by atoms with van der Waals surface area (Å²) in [4.78, 5) is 18.5. The highest BCUT2D eigenvalue weighted by Gasteiger charge is 2.26. The molecule has 0 aliphatic carbocycles. The molecule has 2 heterocycles. The number of carbonyl (C=O) groups excluding carboxylic acids is 1. The van der Waals surface area contributed by atoms with E-state index in [9.17, 15) is 4.79 Å². The lowest BCUT2D eigenvalue weighted by atomic mass is 10.1. The number of imidazole rings is 1. The molecule has 1 aromatic carbocycles. The molecule has 1 amide bonds. The van der Waals surface area contributed by atoms with Gasteiger partial charge in [-0.05, 0) is 50.2 Å². The minimum Gasteiger partial charge on any atom is -0.338 e. The van der Waals surface area contributed by atoms with Crippen LogP contribution in [0.4, 0.5) is 0 Å². The van der Waals surface area contributed by atoms with Gasteiger partial charge in [0, 0.05) is 36.7 Å². The van der Waals surface area contributed by atoms with Gasteiger partial charge in [0.05, 0.1) is 6.33 Å². The van der Waals surface area contributed by atoms with Gasteiger partial charge >= 0.3 is 0 Å². The van der Waals surface area contributed by atoms with Crippen LogP contribution in [0.2, 0.25) is 0 Å². The zero-order valence-corrected chi connectivity index (χ0v) is 12.2. The number of nitrogens with zero attached hydrogens (tertiary/aromatic N) is 3. The van der Waals surface area contributed by atoms with Crippen molar-refractivity contribution in [3.05, 3.63) is 48.5 Å². The third kappa shape index (κ3) is 2.97. The van der Waals surface area contributed by atoms with Gasteiger partial charge in [-0.2, -0.15) is 0 Å². The van der Waals surface area contributed by atoms with Crippen molar-refractivity contribution >= 4 is 5.91 Å². The molecule has 5 nitrogen and oxygen atoms in total. The van der Waals surface area contributed by atoms with Crippen LogP contribution in [0.5, 0.6) is 0 Å². The van der Waals surface area contributed by atoms with Gasteiger partial charge < -0.3 is 14.8 Å². The van der Waals surface area contributed by atoms with Crippen molar-refractivity contribution in [1.29, 1.82) is 0 Å². The maximum absolute atomic E-state index is 12.5. The quantitative estimate of drug-likeness (QED) is 0.927. The van der Waals surface area contributed by atoms with Gasteiger partial charge in [0.1, 0.15) is 0 Å². The molecule has 1 fully saturated rings. The fraction of sp³-hybridized carbons (Fsp3) is 0.375. The number of hydrogen-bond donors (Lipinski definition) is 1. The Balaban J connectivity index is 1.68. The molecule has 1 aliphatic rings. The highest BCUT2D eigenvalue weighted by Crippen LogP contribution is 2.19. The molecule has 0 radical (unpaired) electrons. The average molecular weight is 284 g/mol. The summed E-state index contributed by atoms with van der Waals surface area (Å²) in [6, 6.07) is 7.69. The van der Waals surface area contributed by atoms with Crippen LogP contribution >= 0.6 is 0 Å². The number of benzene rings is 1. The topological polar surface area (TPSA) is 50.2 Å². The van der Waals surface area contributed by atoms with Crippen LogP contribution in [0, 0.1) is 5.92 Å². The zero-order valence-electron chi connectivity index (χ0n) is 12.2. The van der Waals surface area contributed by atoms with Crippen LogP contribution in [-0.2, 0) is 0 Å². The summed E-state index contributed by atoms with van der Waals surface area (Å²) in [6.45, 7) is 2.68. The molecule has 1 unspecified atom stereocenters. The lowest BCUT2D eigenvalue weighted by molar-refractivity contribution is 0.0787. The number of nitrogens with one attached hydrogen (secondary N) is 1. The summed E-state index contributed by atoms with van der Waals surface area (Å²) >= 11 is 0. The largest absolute Gasteiger partial charge is 0.338 e. The van der Waals surface area contributed by atoms with Crippen molar-refractivity contribution < 1.29 is 4.79 Å². The smallest absolute Gasteiger partial charge is 0.253 e. The first-order valence-corrected chi connectivity index (χ1v) is 7.30. The zero-order chi connectivity index (χ0) is 14.7. The summed E-state index contributed by atoms with van der Waals surface area (Å²) in [5.41, 5.74) is 1.77. The van der Waals surface area contributed by atoms with E-state index in [1.165, 1.54) is 0 Å². The summed E-state index contributed by atoms with van der Waals surface area (Å²) in [6.07, 6.45) is 6.46. The van der Waals surface area contributed by atoms with Gasteiger partial charge in [-0.1, -0.05) is 0 Å². The summed E-state index contributed by atoms with van der Waals surface area (Å²) in [5.74, 6) is 0.704. The van der Waals surface area contributed by atoms with E-state index in [2.05, 4.69) is 10.3 Å². The lowest BCUT2D eigenvalue weighted by Crippen LogP contribution is -2.30. The van der Waals surface area contributed by atoms with E-state index in [0.717, 1.165) is 37.3 Å². The van der Waals surface area contributed by atoms with E-state index >= 15 is 0 Å². The molecule has 1 aromatic heterocycles. The fourth-order valence-corrected chi connectivity index (χ4v) is 2.84. The highest BCUT2D eigenvalue weighted by molar-refractivity contribution is 5.94. The van der Waals surface area contributed by atoms with Gasteiger partial charge in [0.15, 0.2) is 0 Å². The number of hydrogen-bond acceptors (Lipinski definition) is 3. The monoisotopic (exact) mass is 284 g/mol. The molecule has 1 saturated heterocycles. The second-order valence-corrected chi connectivity index (χ2v) is 5.48. The first kappa shape index (κ1) is 13.8. The van der Waals surface area contributed by atoms with E-state index in [1.807, 2.05) is 47.0 Å². The Hall–Kier alpha value is -2.14. The van der Waals surface area contributed by atoms with Crippen LogP contribution in [0.15, 0.2) is 43.0 Å². The number of amides is 1. The second-order valence-electron chi connectivity index (χ2n) is 5.48. The molecule has 21 heavy (non-hydrogen) atoms. The Labute approximate surface area is 124 Å². The molecule has 5 heteroatoms. The van der Waals surface area contributed by atoms with E-state index in [-0.39, 0.29) is 5.91 Å². The number of rotatable bonds is 4. The summed E-state index contributed by atoms with van der Waals surface area (Å²) in [7, 11) is 1.96. The van der Waals surface area contributed by atoms with Gasteiger partial charge in [-0.3, -0.25) is 4.79 Å². The number of carbonyl (C=O) groups is 1. The molecule has 3 rings (SSSR count). The standard InChI is InChI=1S/C16H20N4O/c1-17-10-13-6-8-19(11-13)16(21)14-2-4-15(5-3-14)20-9-7-18-12-20/h2-5,7,9,12-13,17H,6,8,10-11H2,1H3. The summed E-state index contributed by atoms with van der Waals surface area (Å²) in [5, 5.41) is 3.19. The van der Waals surface area contributed by atoms with Gasteiger partial charge in [0.2, 0.25) is 0 Å². The molecule has 0 bridgehead atoms. The van der Waals surface area contributed by atoms with Crippen molar-refractivity contribution in [2.45, 2.75) is 6.42 Å².